The normalized spacial score (nSPS) is 17.9. The molecule has 0 amide bonds. The Morgan fingerprint density at radius 3 is 3.12 bits per heavy atom. The minimum absolute atomic E-state index is 0.450. The van der Waals surface area contributed by atoms with Crippen LogP contribution in [-0.4, -0.2) is 13.7 Å². The Bertz CT molecular complexity index is 442. The molecule has 0 spiro atoms. The van der Waals surface area contributed by atoms with Gasteiger partial charge < -0.3 is 4.74 Å². The second-order valence-electron chi connectivity index (χ2n) is 4.32. The van der Waals surface area contributed by atoms with Crippen LogP contribution in [0.15, 0.2) is 18.2 Å². The Hall–Kier alpha value is -1.46. The highest BCUT2D eigenvalue weighted by molar-refractivity contribution is 5.39. The summed E-state index contributed by atoms with van der Waals surface area (Å²) < 4.78 is 5.27. The van der Waals surface area contributed by atoms with Crippen LogP contribution in [0.4, 0.5) is 0 Å². The second-order valence-corrected chi connectivity index (χ2v) is 4.32. The lowest BCUT2D eigenvalue weighted by Crippen LogP contribution is -2.25. The largest absolute Gasteiger partial charge is 0.497 e. The van der Waals surface area contributed by atoms with Gasteiger partial charge in [0.1, 0.15) is 5.75 Å². The minimum Gasteiger partial charge on any atom is -0.497 e. The molecule has 0 saturated heterocycles. The zero-order valence-corrected chi connectivity index (χ0v) is 10.5. The fraction of sp³-hybridized carbons (Fsp3) is 0.467. The van der Waals surface area contributed by atoms with Gasteiger partial charge in [0.15, 0.2) is 0 Å². The van der Waals surface area contributed by atoms with E-state index in [-0.39, 0.29) is 0 Å². The molecule has 1 atom stereocenters. The fourth-order valence-corrected chi connectivity index (χ4v) is 2.39. The molecule has 0 aliphatic heterocycles. The maximum Gasteiger partial charge on any atom is 0.119 e. The summed E-state index contributed by atoms with van der Waals surface area (Å²) >= 11 is 0. The van der Waals surface area contributed by atoms with Gasteiger partial charge >= 0.3 is 0 Å². The smallest absolute Gasteiger partial charge is 0.119 e. The van der Waals surface area contributed by atoms with Crippen LogP contribution in [0.5, 0.6) is 5.75 Å². The van der Waals surface area contributed by atoms with Gasteiger partial charge in [-0.3, -0.25) is 5.32 Å². The highest BCUT2D eigenvalue weighted by Gasteiger charge is 2.19. The van der Waals surface area contributed by atoms with E-state index in [0.29, 0.717) is 6.04 Å². The zero-order valence-electron chi connectivity index (χ0n) is 10.5. The summed E-state index contributed by atoms with van der Waals surface area (Å²) in [6.07, 6.45) is 3.59. The van der Waals surface area contributed by atoms with Gasteiger partial charge in [-0.2, -0.15) is 0 Å². The number of benzene rings is 1. The molecule has 90 valence electrons. The molecular formula is C15H19NO. The maximum absolute atomic E-state index is 5.27. The highest BCUT2D eigenvalue weighted by atomic mass is 16.5. The van der Waals surface area contributed by atoms with Crippen molar-refractivity contribution in [2.75, 3.05) is 13.7 Å². The number of methoxy groups -OCH3 is 1. The number of rotatable bonds is 3. The first-order valence-electron chi connectivity index (χ1n) is 6.15. The van der Waals surface area contributed by atoms with E-state index < -0.39 is 0 Å². The first-order valence-corrected chi connectivity index (χ1v) is 6.15. The molecule has 0 saturated carbocycles. The predicted octanol–water partition coefficient (Wildman–Crippen LogP) is 2.69. The average molecular weight is 229 g/mol. The van der Waals surface area contributed by atoms with Gasteiger partial charge in [0.25, 0.3) is 0 Å². The molecule has 17 heavy (non-hydrogen) atoms. The van der Waals surface area contributed by atoms with Crippen molar-refractivity contribution < 1.29 is 4.74 Å². The quantitative estimate of drug-likeness (QED) is 0.805. The third-order valence-corrected chi connectivity index (χ3v) is 3.28. The number of fused-ring (bicyclic) bond motifs is 1. The lowest BCUT2D eigenvalue weighted by atomic mass is 9.87. The number of hydrogen-bond acceptors (Lipinski definition) is 2. The third-order valence-electron chi connectivity index (χ3n) is 3.28. The number of hydrogen-bond donors (Lipinski definition) is 1. The van der Waals surface area contributed by atoms with Crippen LogP contribution in [0, 0.1) is 11.8 Å². The summed E-state index contributed by atoms with van der Waals surface area (Å²) in [4.78, 5) is 0. The number of aryl methyl sites for hydroxylation is 1. The molecule has 0 aromatic heterocycles. The first kappa shape index (κ1) is 12.0. The zero-order chi connectivity index (χ0) is 12.1. The van der Waals surface area contributed by atoms with Crippen molar-refractivity contribution in [3.63, 3.8) is 0 Å². The molecule has 0 heterocycles. The summed E-state index contributed by atoms with van der Waals surface area (Å²) in [5, 5.41) is 3.50. The molecule has 2 heteroatoms. The van der Waals surface area contributed by atoms with Crippen molar-refractivity contribution in [1.82, 2.24) is 5.32 Å². The van der Waals surface area contributed by atoms with Crippen molar-refractivity contribution in [3.05, 3.63) is 29.3 Å². The van der Waals surface area contributed by atoms with Crippen molar-refractivity contribution in [2.45, 2.75) is 32.2 Å². The van der Waals surface area contributed by atoms with Crippen LogP contribution < -0.4 is 10.1 Å². The van der Waals surface area contributed by atoms with Gasteiger partial charge in [-0.1, -0.05) is 12.0 Å². The molecule has 0 bridgehead atoms. The first-order chi connectivity index (χ1) is 8.35. The van der Waals surface area contributed by atoms with E-state index in [1.807, 2.05) is 13.0 Å². The maximum atomic E-state index is 5.27. The molecule has 1 aromatic rings. The van der Waals surface area contributed by atoms with E-state index in [9.17, 15) is 0 Å². The van der Waals surface area contributed by atoms with Crippen molar-refractivity contribution in [2.24, 2.45) is 0 Å². The van der Waals surface area contributed by atoms with Gasteiger partial charge in [-0.25, -0.2) is 0 Å². The van der Waals surface area contributed by atoms with Crippen LogP contribution in [0.1, 0.15) is 36.9 Å². The van der Waals surface area contributed by atoms with Crippen LogP contribution in [0.2, 0.25) is 0 Å². The minimum atomic E-state index is 0.450. The van der Waals surface area contributed by atoms with Crippen molar-refractivity contribution >= 4 is 0 Å². The fourth-order valence-electron chi connectivity index (χ4n) is 2.39. The monoisotopic (exact) mass is 229 g/mol. The molecule has 0 radical (unpaired) electrons. The summed E-state index contributed by atoms with van der Waals surface area (Å²) in [7, 11) is 1.72. The van der Waals surface area contributed by atoms with E-state index >= 15 is 0 Å². The van der Waals surface area contributed by atoms with Gasteiger partial charge in [0.2, 0.25) is 0 Å². The predicted molar refractivity (Wildman–Crippen MR) is 70.1 cm³/mol. The van der Waals surface area contributed by atoms with Gasteiger partial charge in [0, 0.05) is 6.04 Å². The van der Waals surface area contributed by atoms with Crippen LogP contribution >= 0.6 is 0 Å². The van der Waals surface area contributed by atoms with Gasteiger partial charge in [0.05, 0.1) is 13.7 Å². The van der Waals surface area contributed by atoms with Crippen molar-refractivity contribution in [3.8, 4) is 17.6 Å². The van der Waals surface area contributed by atoms with Gasteiger partial charge in [-0.05, 0) is 49.4 Å². The summed E-state index contributed by atoms with van der Waals surface area (Å²) in [5.74, 6) is 6.94. The second kappa shape index (κ2) is 5.75. The SMILES string of the molecule is CC#CCNC1CCCc2cc(OC)ccc21. The van der Waals surface area contributed by atoms with Gasteiger partial charge in [-0.15, -0.1) is 5.92 Å². The molecule has 0 fully saturated rings. The lowest BCUT2D eigenvalue weighted by molar-refractivity contribution is 0.411. The Labute approximate surface area is 103 Å². The molecule has 1 unspecified atom stereocenters. The molecule has 1 aliphatic rings. The molecule has 2 rings (SSSR count). The van der Waals surface area contributed by atoms with Crippen LogP contribution in [0.3, 0.4) is 0 Å². The Morgan fingerprint density at radius 2 is 2.35 bits per heavy atom. The molecule has 1 aliphatic carbocycles. The number of nitrogens with one attached hydrogen (secondary N) is 1. The van der Waals surface area contributed by atoms with E-state index in [1.165, 1.54) is 24.0 Å². The van der Waals surface area contributed by atoms with E-state index in [2.05, 4.69) is 29.3 Å². The summed E-state index contributed by atoms with van der Waals surface area (Å²) in [6.45, 7) is 2.65. The lowest BCUT2D eigenvalue weighted by Gasteiger charge is -2.26. The number of ether oxygens (including phenoxy) is 1. The van der Waals surface area contributed by atoms with E-state index in [1.54, 1.807) is 7.11 Å². The third kappa shape index (κ3) is 2.81. The van der Waals surface area contributed by atoms with Crippen molar-refractivity contribution in [1.29, 1.82) is 0 Å². The highest BCUT2D eigenvalue weighted by Crippen LogP contribution is 2.31. The standard InChI is InChI=1S/C15H19NO/c1-3-4-10-16-15-7-5-6-12-11-13(17-2)8-9-14(12)15/h8-9,11,15-16H,5-7,10H2,1-2H3. The molecule has 1 N–H and O–H groups in total. The van der Waals surface area contributed by atoms with Crippen LogP contribution in [0.25, 0.3) is 0 Å². The molecule has 1 aromatic carbocycles. The average Bonchev–Trinajstić information content (AvgIpc) is 2.38. The summed E-state index contributed by atoms with van der Waals surface area (Å²) in [6, 6.07) is 6.84. The van der Waals surface area contributed by atoms with Crippen LogP contribution in [-0.2, 0) is 6.42 Å². The van der Waals surface area contributed by atoms with E-state index in [0.717, 1.165) is 18.7 Å². The molecule has 2 nitrogen and oxygen atoms in total. The Kier molecular flexibility index (Phi) is 4.06. The summed E-state index contributed by atoms with van der Waals surface area (Å²) in [5.41, 5.74) is 2.83. The Morgan fingerprint density at radius 1 is 1.47 bits per heavy atom. The Balaban J connectivity index is 2.15. The van der Waals surface area contributed by atoms with E-state index in [4.69, 9.17) is 4.74 Å². The topological polar surface area (TPSA) is 21.3 Å². The molecular weight excluding hydrogens is 210 g/mol.